The number of aliphatic hydroxyl groups is 1. The molecule has 1 heterocycles. The van der Waals surface area contributed by atoms with Gasteiger partial charge in [-0.05, 0) is 22.7 Å². The van der Waals surface area contributed by atoms with E-state index in [0.29, 0.717) is 18.9 Å². The highest BCUT2D eigenvalue weighted by Gasteiger charge is 2.27. The van der Waals surface area contributed by atoms with Crippen LogP contribution in [0.1, 0.15) is 31.5 Å². The molecule has 22 heavy (non-hydrogen) atoms. The van der Waals surface area contributed by atoms with Crippen molar-refractivity contribution in [2.45, 2.75) is 45.3 Å². The third-order valence-corrected chi connectivity index (χ3v) is 4.27. The average Bonchev–Trinajstić information content (AvgIpc) is 3.03. The predicted molar refractivity (Wildman–Crippen MR) is 79.2 cm³/mol. The Bertz CT molecular complexity index is 557. The van der Waals surface area contributed by atoms with Crippen molar-refractivity contribution in [1.29, 1.82) is 0 Å². The molecule has 0 saturated heterocycles. The Hall–Kier alpha value is -1.96. The first kappa shape index (κ1) is 16.4. The Morgan fingerprint density at radius 1 is 1.59 bits per heavy atom. The van der Waals surface area contributed by atoms with Gasteiger partial charge < -0.3 is 24.7 Å². The number of amides is 1. The van der Waals surface area contributed by atoms with E-state index in [1.807, 2.05) is 0 Å². The Kier molecular flexibility index (Phi) is 5.12. The molecule has 0 bridgehead atoms. The van der Waals surface area contributed by atoms with Crippen molar-refractivity contribution in [3.8, 4) is 0 Å². The minimum Gasteiger partial charge on any atom is -0.393 e. The van der Waals surface area contributed by atoms with E-state index in [1.165, 1.54) is 6.20 Å². The zero-order valence-electron chi connectivity index (χ0n) is 12.9. The summed E-state index contributed by atoms with van der Waals surface area (Å²) in [6, 6.07) is 0. The van der Waals surface area contributed by atoms with Gasteiger partial charge in [-0.25, -0.2) is 0 Å². The molecule has 2 rings (SSSR count). The van der Waals surface area contributed by atoms with Gasteiger partial charge in [0.05, 0.1) is 6.10 Å². The van der Waals surface area contributed by atoms with E-state index in [-0.39, 0.29) is 30.2 Å². The minimum atomic E-state index is -0.543. The van der Waals surface area contributed by atoms with Gasteiger partial charge in [-0.1, -0.05) is 6.42 Å². The quantitative estimate of drug-likeness (QED) is 0.626. The van der Waals surface area contributed by atoms with E-state index in [9.17, 15) is 20.0 Å². The molecule has 1 fully saturated rings. The van der Waals surface area contributed by atoms with Gasteiger partial charge in [-0.2, -0.15) is 0 Å². The predicted octanol–water partition coefficient (Wildman–Crippen LogP) is 1.11. The molecular weight excluding hydrogens is 288 g/mol. The lowest BCUT2D eigenvalue weighted by Gasteiger charge is -2.23. The maximum atomic E-state index is 12.1. The van der Waals surface area contributed by atoms with Crippen LogP contribution in [0, 0.1) is 23.0 Å². The molecule has 0 aromatic carbocycles. The summed E-state index contributed by atoms with van der Waals surface area (Å²) in [6.07, 6.45) is 4.06. The zero-order valence-corrected chi connectivity index (χ0v) is 12.9. The molecule has 0 spiro atoms. The van der Waals surface area contributed by atoms with Gasteiger partial charge in [0.15, 0.2) is 0 Å². The molecule has 122 valence electrons. The van der Waals surface area contributed by atoms with Crippen molar-refractivity contribution >= 4 is 11.7 Å². The molecule has 2 atom stereocenters. The Labute approximate surface area is 128 Å². The number of aryl methyl sites for hydroxylation is 2. The summed E-state index contributed by atoms with van der Waals surface area (Å²) in [5, 5.41) is 20.5. The second-order valence-electron chi connectivity index (χ2n) is 5.88. The summed E-state index contributed by atoms with van der Waals surface area (Å²) >= 11 is 0. The summed E-state index contributed by atoms with van der Waals surface area (Å²) in [5.41, 5.74) is 0. The van der Waals surface area contributed by atoms with E-state index in [4.69, 9.17) is 0 Å². The third kappa shape index (κ3) is 3.82. The number of aliphatic hydroxyl groups excluding tert-OH is 1. The molecule has 8 nitrogen and oxygen atoms in total. The van der Waals surface area contributed by atoms with Crippen molar-refractivity contribution in [3.63, 3.8) is 0 Å². The summed E-state index contributed by atoms with van der Waals surface area (Å²) in [5.74, 6) is 0.445. The maximum Gasteiger partial charge on any atom is 0.381 e. The normalized spacial score (nSPS) is 21.0. The van der Waals surface area contributed by atoms with Crippen LogP contribution in [0.2, 0.25) is 0 Å². The first-order valence-electron chi connectivity index (χ1n) is 7.48. The van der Waals surface area contributed by atoms with Gasteiger partial charge in [0.25, 0.3) is 0 Å². The summed E-state index contributed by atoms with van der Waals surface area (Å²) in [7, 11) is 1.73. The highest BCUT2D eigenvalue weighted by Crippen LogP contribution is 2.26. The van der Waals surface area contributed by atoms with E-state index in [1.54, 1.807) is 23.4 Å². The monoisotopic (exact) mass is 310 g/mol. The van der Waals surface area contributed by atoms with Crippen LogP contribution >= 0.6 is 0 Å². The van der Waals surface area contributed by atoms with Crippen LogP contribution in [-0.4, -0.2) is 50.1 Å². The van der Waals surface area contributed by atoms with Crippen LogP contribution in [0.15, 0.2) is 6.20 Å². The lowest BCUT2D eigenvalue weighted by atomic mass is 10.1. The highest BCUT2D eigenvalue weighted by atomic mass is 16.6. The molecule has 0 radical (unpaired) electrons. The van der Waals surface area contributed by atoms with Crippen molar-refractivity contribution in [2.24, 2.45) is 5.92 Å². The average molecular weight is 310 g/mol. The van der Waals surface area contributed by atoms with Gasteiger partial charge >= 0.3 is 5.82 Å². The van der Waals surface area contributed by atoms with E-state index < -0.39 is 4.92 Å². The van der Waals surface area contributed by atoms with Gasteiger partial charge in [0.1, 0.15) is 6.20 Å². The molecule has 8 heteroatoms. The molecular formula is C14H22N4O4. The smallest absolute Gasteiger partial charge is 0.381 e. The Morgan fingerprint density at radius 3 is 2.86 bits per heavy atom. The van der Waals surface area contributed by atoms with E-state index in [2.05, 4.69) is 4.98 Å². The fraction of sp³-hybridized carbons (Fsp3) is 0.714. The number of carbonyl (C=O) groups excluding carboxylic acids is 1. The number of rotatable bonds is 6. The number of aromatic nitrogens is 2. The topological polar surface area (TPSA) is 102 Å². The summed E-state index contributed by atoms with van der Waals surface area (Å²) in [6.45, 7) is 2.60. The van der Waals surface area contributed by atoms with Crippen molar-refractivity contribution in [3.05, 3.63) is 22.1 Å². The second kappa shape index (κ2) is 6.87. The summed E-state index contributed by atoms with van der Waals surface area (Å²) in [4.78, 5) is 27.7. The summed E-state index contributed by atoms with van der Waals surface area (Å²) < 4.78 is 1.62. The van der Waals surface area contributed by atoms with Crippen LogP contribution in [0.4, 0.5) is 5.82 Å². The lowest BCUT2D eigenvalue weighted by Crippen LogP contribution is -2.34. The van der Waals surface area contributed by atoms with Gasteiger partial charge in [0.2, 0.25) is 11.7 Å². The Morgan fingerprint density at radius 2 is 2.32 bits per heavy atom. The highest BCUT2D eigenvalue weighted by molar-refractivity contribution is 5.75. The second-order valence-corrected chi connectivity index (χ2v) is 5.88. The van der Waals surface area contributed by atoms with Crippen molar-refractivity contribution in [2.75, 3.05) is 13.6 Å². The van der Waals surface area contributed by atoms with Crippen LogP contribution in [-0.2, 0) is 11.3 Å². The largest absolute Gasteiger partial charge is 0.393 e. The molecule has 1 N–H and O–H groups in total. The molecule has 1 amide bonds. The van der Waals surface area contributed by atoms with Crippen LogP contribution in [0.25, 0.3) is 0 Å². The third-order valence-electron chi connectivity index (χ3n) is 4.27. The fourth-order valence-electron chi connectivity index (χ4n) is 2.90. The maximum absolute atomic E-state index is 12.1. The molecule has 1 aromatic rings. The molecule has 1 aliphatic rings. The molecule has 1 aliphatic carbocycles. The zero-order chi connectivity index (χ0) is 16.3. The number of nitro groups is 1. The first-order chi connectivity index (χ1) is 10.4. The molecule has 1 saturated carbocycles. The van der Waals surface area contributed by atoms with Crippen molar-refractivity contribution in [1.82, 2.24) is 14.5 Å². The van der Waals surface area contributed by atoms with Crippen LogP contribution in [0.3, 0.4) is 0 Å². The van der Waals surface area contributed by atoms with Crippen LogP contribution < -0.4 is 0 Å². The number of hydrogen-bond donors (Lipinski definition) is 1. The van der Waals surface area contributed by atoms with E-state index in [0.717, 1.165) is 19.3 Å². The first-order valence-corrected chi connectivity index (χ1v) is 7.48. The molecule has 2 unspecified atom stereocenters. The number of hydrogen-bond acceptors (Lipinski definition) is 5. The van der Waals surface area contributed by atoms with E-state index >= 15 is 0 Å². The van der Waals surface area contributed by atoms with Gasteiger partial charge in [-0.3, -0.25) is 4.79 Å². The number of carbonyl (C=O) groups is 1. The number of nitrogens with zero attached hydrogens (tertiary/aromatic N) is 4. The van der Waals surface area contributed by atoms with Gasteiger partial charge in [-0.15, -0.1) is 0 Å². The lowest BCUT2D eigenvalue weighted by molar-refractivity contribution is -0.389. The molecule has 1 aromatic heterocycles. The fourth-order valence-corrected chi connectivity index (χ4v) is 2.90. The Balaban J connectivity index is 1.85. The molecule has 0 aliphatic heterocycles. The SMILES string of the molecule is Cc1nc([N+](=O)[O-])cn1CCC(=O)N(C)CC1CCCC1O. The van der Waals surface area contributed by atoms with Crippen LogP contribution in [0.5, 0.6) is 0 Å². The van der Waals surface area contributed by atoms with Crippen molar-refractivity contribution < 1.29 is 14.8 Å². The number of imidazole rings is 1. The van der Waals surface area contributed by atoms with Gasteiger partial charge in [0, 0.05) is 39.4 Å². The minimum absolute atomic E-state index is 0.0325. The standard InChI is InChI=1S/C14H22N4O4/c1-10-15-13(18(21)22)9-17(10)7-6-14(20)16(2)8-11-4-3-5-12(11)19/h9,11-12,19H,3-8H2,1-2H3.